The van der Waals surface area contributed by atoms with Crippen LogP contribution in [-0.4, -0.2) is 9.97 Å². The van der Waals surface area contributed by atoms with Crippen LogP contribution in [0.25, 0.3) is 111 Å². The molecular formula is C68H42N4O. The van der Waals surface area contributed by atoms with Crippen molar-refractivity contribution in [1.82, 2.24) is 9.97 Å². The van der Waals surface area contributed by atoms with E-state index in [-0.39, 0.29) is 0 Å². The first-order valence-electron chi connectivity index (χ1n) is 24.8. The second-order valence-electron chi connectivity index (χ2n) is 18.9. The van der Waals surface area contributed by atoms with Gasteiger partial charge in [0.05, 0.1) is 28.3 Å². The molecule has 2 aromatic heterocycles. The van der Waals surface area contributed by atoms with Gasteiger partial charge in [0.25, 0.3) is 0 Å². The molecule has 0 spiro atoms. The topological polar surface area (TPSA) is 45.4 Å². The molecule has 11 aromatic carbocycles. The number of para-hydroxylation sites is 5. The molecule has 0 radical (unpaired) electrons. The second-order valence-corrected chi connectivity index (χ2v) is 18.9. The second kappa shape index (κ2) is 16.4. The van der Waals surface area contributed by atoms with Crippen LogP contribution in [0.3, 0.4) is 0 Å². The van der Waals surface area contributed by atoms with E-state index in [0.717, 1.165) is 100 Å². The van der Waals surface area contributed by atoms with Crippen LogP contribution in [0, 0.1) is 0 Å². The van der Waals surface area contributed by atoms with E-state index in [4.69, 9.17) is 14.4 Å². The van der Waals surface area contributed by atoms with E-state index in [1.165, 1.54) is 38.9 Å². The molecule has 0 fully saturated rings. The summed E-state index contributed by atoms with van der Waals surface area (Å²) in [6.45, 7) is 0. The number of benzene rings is 11. The van der Waals surface area contributed by atoms with Crippen molar-refractivity contribution < 1.29 is 4.42 Å². The monoisotopic (exact) mass is 930 g/mol. The van der Waals surface area contributed by atoms with Gasteiger partial charge in [-0.1, -0.05) is 188 Å². The Morgan fingerprint density at radius 1 is 0.315 bits per heavy atom. The van der Waals surface area contributed by atoms with Gasteiger partial charge < -0.3 is 14.2 Å². The summed E-state index contributed by atoms with van der Waals surface area (Å²) in [6.07, 6.45) is 1.92. The van der Waals surface area contributed by atoms with Gasteiger partial charge in [0.2, 0.25) is 0 Å². The van der Waals surface area contributed by atoms with Gasteiger partial charge in [-0.25, -0.2) is 9.97 Å². The standard InChI is InChI=1S/C68H42N4O/c1-9-27-61-47(15-1)42-69-68(70-61)46-16-13-17-49(39-46)72-63-29-11-7-23-56(63)52-19-3-5-21-54(52)58-38-34-45(41-65(58)72)44-33-37-57-53-20-4-2-18-51(53)55-22-6-10-28-62(55)71(64(57)40-44)48-35-31-43(32-36-48)50-25-14-26-60-59-24-8-12-30-66(59)73-67(50)60/h1-42H. The number of aromatic nitrogens is 2. The highest BCUT2D eigenvalue weighted by Gasteiger charge is 2.29. The molecule has 5 heteroatoms. The van der Waals surface area contributed by atoms with Crippen LogP contribution in [0.4, 0.5) is 34.1 Å². The molecular weight excluding hydrogens is 889 g/mol. The van der Waals surface area contributed by atoms with Crippen molar-refractivity contribution in [3.05, 3.63) is 255 Å². The highest BCUT2D eigenvalue weighted by atomic mass is 16.3. The van der Waals surface area contributed by atoms with Crippen LogP contribution in [0.15, 0.2) is 259 Å². The van der Waals surface area contributed by atoms with E-state index in [0.29, 0.717) is 5.82 Å². The van der Waals surface area contributed by atoms with Gasteiger partial charge in [0.1, 0.15) is 11.2 Å². The van der Waals surface area contributed by atoms with Crippen molar-refractivity contribution in [2.45, 2.75) is 0 Å². The number of fused-ring (bicyclic) bond motifs is 14. The molecule has 0 bridgehead atoms. The average Bonchev–Trinajstić information content (AvgIpc) is 3.73. The van der Waals surface area contributed by atoms with E-state index < -0.39 is 0 Å². The third-order valence-corrected chi connectivity index (χ3v) is 14.8. The Morgan fingerprint density at radius 3 is 1.49 bits per heavy atom. The molecule has 0 atom stereocenters. The lowest BCUT2D eigenvalue weighted by Crippen LogP contribution is -2.12. The van der Waals surface area contributed by atoms with E-state index in [2.05, 4.69) is 228 Å². The third kappa shape index (κ3) is 6.56. The highest BCUT2D eigenvalue weighted by Crippen LogP contribution is 2.54. The van der Waals surface area contributed by atoms with E-state index in [1.54, 1.807) is 0 Å². The van der Waals surface area contributed by atoms with Crippen LogP contribution in [0.2, 0.25) is 0 Å². The summed E-state index contributed by atoms with van der Waals surface area (Å²) in [6, 6.07) is 89.7. The van der Waals surface area contributed by atoms with Crippen molar-refractivity contribution in [3.8, 4) is 78.1 Å². The molecule has 340 valence electrons. The normalized spacial score (nSPS) is 12.3. The first-order chi connectivity index (χ1) is 36.2. The molecule has 0 aliphatic carbocycles. The molecule has 0 saturated carbocycles. The van der Waals surface area contributed by atoms with Crippen molar-refractivity contribution in [3.63, 3.8) is 0 Å². The van der Waals surface area contributed by atoms with Gasteiger partial charge in [-0.05, 0) is 99.6 Å². The van der Waals surface area contributed by atoms with Crippen LogP contribution >= 0.6 is 0 Å². The van der Waals surface area contributed by atoms with Crippen LogP contribution in [0.1, 0.15) is 0 Å². The Morgan fingerprint density at radius 2 is 0.822 bits per heavy atom. The van der Waals surface area contributed by atoms with Crippen molar-refractivity contribution in [2.24, 2.45) is 0 Å². The Bertz CT molecular complexity index is 4360. The summed E-state index contributed by atoms with van der Waals surface area (Å²) >= 11 is 0. The molecule has 2 aliphatic heterocycles. The summed E-state index contributed by atoms with van der Waals surface area (Å²) in [4.78, 5) is 14.7. The summed E-state index contributed by atoms with van der Waals surface area (Å²) in [5, 5.41) is 3.27. The first-order valence-corrected chi connectivity index (χ1v) is 24.8. The Hall–Kier alpha value is -9.84. The van der Waals surface area contributed by atoms with E-state index in [9.17, 15) is 0 Å². The zero-order chi connectivity index (χ0) is 48.0. The van der Waals surface area contributed by atoms with Crippen LogP contribution in [-0.2, 0) is 0 Å². The highest BCUT2D eigenvalue weighted by molar-refractivity contribution is 6.10. The van der Waals surface area contributed by atoms with E-state index >= 15 is 0 Å². The number of rotatable bonds is 5. The smallest absolute Gasteiger partial charge is 0.159 e. The van der Waals surface area contributed by atoms with E-state index in [1.807, 2.05) is 36.5 Å². The van der Waals surface area contributed by atoms with Crippen molar-refractivity contribution >= 4 is 67.0 Å². The molecule has 0 amide bonds. The molecule has 0 unspecified atom stereocenters. The maximum atomic E-state index is 6.51. The molecule has 4 heterocycles. The Balaban J connectivity index is 0.906. The minimum atomic E-state index is 0.691. The fourth-order valence-electron chi connectivity index (χ4n) is 11.4. The van der Waals surface area contributed by atoms with Gasteiger partial charge in [-0.2, -0.15) is 0 Å². The summed E-state index contributed by atoms with van der Waals surface area (Å²) < 4.78 is 6.51. The fourth-order valence-corrected chi connectivity index (χ4v) is 11.4. The SMILES string of the molecule is c1cc(-c2ncc3ccccc3n2)cc(N2c3ccccc3-c3ccccc3-c3ccc(-c4ccc5c(c4)N(c4ccc(-c6cccc7c6oc6ccccc67)cc4)c4ccccc4-c4ccccc4-5)cc32)c1. The van der Waals surface area contributed by atoms with Gasteiger partial charge in [-0.15, -0.1) is 0 Å². The van der Waals surface area contributed by atoms with Crippen LogP contribution < -0.4 is 9.80 Å². The summed E-state index contributed by atoms with van der Waals surface area (Å²) in [5.41, 5.74) is 24.0. The predicted molar refractivity (Wildman–Crippen MR) is 301 cm³/mol. The fraction of sp³-hybridized carbons (Fsp3) is 0. The van der Waals surface area contributed by atoms with Gasteiger partial charge >= 0.3 is 0 Å². The predicted octanol–water partition coefficient (Wildman–Crippen LogP) is 18.8. The number of hydrogen-bond acceptors (Lipinski definition) is 5. The first kappa shape index (κ1) is 41.0. The molecule has 73 heavy (non-hydrogen) atoms. The number of furan rings is 1. The number of anilines is 6. The lowest BCUT2D eigenvalue weighted by molar-refractivity contribution is 0.670. The third-order valence-electron chi connectivity index (χ3n) is 14.8. The molecule has 13 aromatic rings. The summed E-state index contributed by atoms with van der Waals surface area (Å²) in [7, 11) is 0. The lowest BCUT2D eigenvalue weighted by Gasteiger charge is -2.29. The lowest BCUT2D eigenvalue weighted by atomic mass is 9.91. The minimum Gasteiger partial charge on any atom is -0.455 e. The maximum Gasteiger partial charge on any atom is 0.159 e. The molecule has 0 N–H and O–H groups in total. The van der Waals surface area contributed by atoms with Crippen LogP contribution in [0.5, 0.6) is 0 Å². The molecule has 5 nitrogen and oxygen atoms in total. The zero-order valence-corrected chi connectivity index (χ0v) is 39.4. The Kier molecular flexibility index (Phi) is 9.19. The zero-order valence-electron chi connectivity index (χ0n) is 39.4. The maximum absolute atomic E-state index is 6.51. The molecule has 2 aliphatic rings. The van der Waals surface area contributed by atoms with Crippen molar-refractivity contribution in [2.75, 3.05) is 9.80 Å². The van der Waals surface area contributed by atoms with Gasteiger partial charge in [0.15, 0.2) is 5.82 Å². The number of hydrogen-bond donors (Lipinski definition) is 0. The van der Waals surface area contributed by atoms with Gasteiger partial charge in [0, 0.05) is 67.1 Å². The molecule has 0 saturated heterocycles. The van der Waals surface area contributed by atoms with Crippen molar-refractivity contribution in [1.29, 1.82) is 0 Å². The Labute approximate surface area is 422 Å². The largest absolute Gasteiger partial charge is 0.455 e. The average molecular weight is 931 g/mol. The van der Waals surface area contributed by atoms with Gasteiger partial charge in [-0.3, -0.25) is 0 Å². The quantitative estimate of drug-likeness (QED) is 0.172. The number of nitrogens with zero attached hydrogens (tertiary/aromatic N) is 4. The summed E-state index contributed by atoms with van der Waals surface area (Å²) in [5.74, 6) is 0.691. The molecule has 15 rings (SSSR count). The minimum absolute atomic E-state index is 0.691.